The van der Waals surface area contributed by atoms with E-state index in [0.717, 1.165) is 57.8 Å². The van der Waals surface area contributed by atoms with Gasteiger partial charge < -0.3 is 19.7 Å². The van der Waals surface area contributed by atoms with Gasteiger partial charge in [0, 0.05) is 31.8 Å². The smallest absolute Gasteiger partial charge is 0.302 e. The average Bonchev–Trinajstić information content (AvgIpc) is 2.98. The third kappa shape index (κ3) is 3.43. The number of carbonyl (C=O) groups is 2. The number of carbonyl (C=O) groups excluding carboxylic acids is 2. The molecule has 176 valence electrons. The first kappa shape index (κ1) is 23.0. The minimum absolute atomic E-state index is 0.0453. The topological polar surface area (TPSA) is 93.1 Å². The maximum atomic E-state index is 12.2. The highest BCUT2D eigenvalue weighted by atomic mass is 16.5. The van der Waals surface area contributed by atoms with Crippen molar-refractivity contribution in [3.05, 3.63) is 0 Å². The molecule has 4 rings (SSSR count). The van der Waals surface area contributed by atoms with E-state index >= 15 is 0 Å². The molecule has 0 aromatic heterocycles. The fraction of sp³-hybridized carbons (Fsp3) is 0.920. The summed E-state index contributed by atoms with van der Waals surface area (Å²) in [6.07, 6.45) is 7.63. The Balaban J connectivity index is 1.59. The lowest BCUT2D eigenvalue weighted by Crippen LogP contribution is -2.64. The minimum Gasteiger partial charge on any atom is -0.463 e. The highest BCUT2D eigenvalue weighted by molar-refractivity contribution is 5.66. The zero-order chi connectivity index (χ0) is 22.6. The molecule has 0 aromatic carbocycles. The molecule has 0 aromatic rings. The normalized spacial score (nSPS) is 47.5. The Morgan fingerprint density at radius 1 is 1.00 bits per heavy atom. The molecule has 6 nitrogen and oxygen atoms in total. The summed E-state index contributed by atoms with van der Waals surface area (Å²) < 4.78 is 11.1. The molecule has 31 heavy (non-hydrogen) atoms. The standard InChI is InChI=1S/C25H40O6/c1-15(30-16(2)27)20-9-12-25(29)22-6-5-18-13-19(31-17(3)28)7-11-24(18,14-26)21(22)8-10-23(20,25)4/h15,18-22,26,29H,5-14H2,1-4H3/t15-,18-,19-,20+,21-,22+,23+,24+,25-/m0/s1. The molecule has 4 aliphatic rings. The molecule has 0 heterocycles. The first-order chi connectivity index (χ1) is 14.6. The van der Waals surface area contributed by atoms with Crippen molar-refractivity contribution < 1.29 is 29.3 Å². The van der Waals surface area contributed by atoms with E-state index in [1.165, 1.54) is 13.8 Å². The number of rotatable bonds is 4. The highest BCUT2D eigenvalue weighted by Crippen LogP contribution is 2.69. The van der Waals surface area contributed by atoms with Crippen molar-refractivity contribution in [3.63, 3.8) is 0 Å². The Morgan fingerprint density at radius 3 is 2.39 bits per heavy atom. The molecule has 4 fully saturated rings. The van der Waals surface area contributed by atoms with Gasteiger partial charge in [-0.3, -0.25) is 9.59 Å². The first-order valence-corrected chi connectivity index (χ1v) is 12.2. The summed E-state index contributed by atoms with van der Waals surface area (Å²) in [5.74, 6) is 0.456. The quantitative estimate of drug-likeness (QED) is 0.654. The summed E-state index contributed by atoms with van der Waals surface area (Å²) in [7, 11) is 0. The van der Waals surface area contributed by atoms with Crippen LogP contribution in [0.3, 0.4) is 0 Å². The predicted octanol–water partition coefficient (Wildman–Crippen LogP) is 3.62. The maximum Gasteiger partial charge on any atom is 0.302 e. The van der Waals surface area contributed by atoms with Crippen molar-refractivity contribution in [1.82, 2.24) is 0 Å². The molecular formula is C25H40O6. The van der Waals surface area contributed by atoms with Crippen molar-refractivity contribution in [3.8, 4) is 0 Å². The van der Waals surface area contributed by atoms with Gasteiger partial charge in [-0.1, -0.05) is 6.92 Å². The Labute approximate surface area is 186 Å². The van der Waals surface area contributed by atoms with Gasteiger partial charge in [-0.15, -0.1) is 0 Å². The lowest BCUT2D eigenvalue weighted by atomic mass is 9.43. The molecule has 4 saturated carbocycles. The molecule has 9 atom stereocenters. The molecule has 0 bridgehead atoms. The Bertz CT molecular complexity index is 723. The van der Waals surface area contributed by atoms with Gasteiger partial charge in [0.1, 0.15) is 12.2 Å². The van der Waals surface area contributed by atoms with Crippen LogP contribution in [0.15, 0.2) is 0 Å². The molecule has 2 N–H and O–H groups in total. The zero-order valence-corrected chi connectivity index (χ0v) is 19.6. The molecule has 4 aliphatic carbocycles. The van der Waals surface area contributed by atoms with Crippen LogP contribution in [-0.2, 0) is 19.1 Å². The third-order valence-electron chi connectivity index (χ3n) is 10.1. The molecule has 0 spiro atoms. The molecule has 0 aliphatic heterocycles. The second kappa shape index (κ2) is 8.02. The van der Waals surface area contributed by atoms with Crippen LogP contribution in [0.1, 0.15) is 85.5 Å². The lowest BCUT2D eigenvalue weighted by molar-refractivity contribution is -0.227. The number of ether oxygens (including phenoxy) is 2. The Kier molecular flexibility index (Phi) is 5.96. The summed E-state index contributed by atoms with van der Waals surface area (Å²) in [5, 5.41) is 22.9. The number of hydrogen-bond acceptors (Lipinski definition) is 6. The summed E-state index contributed by atoms with van der Waals surface area (Å²) in [6.45, 7) is 7.24. The summed E-state index contributed by atoms with van der Waals surface area (Å²) in [5.41, 5.74) is -1.24. The third-order valence-corrected chi connectivity index (χ3v) is 10.1. The fourth-order valence-electron chi connectivity index (χ4n) is 8.77. The monoisotopic (exact) mass is 436 g/mol. The van der Waals surface area contributed by atoms with Crippen molar-refractivity contribution in [2.75, 3.05) is 6.61 Å². The Morgan fingerprint density at radius 2 is 1.74 bits per heavy atom. The first-order valence-electron chi connectivity index (χ1n) is 12.2. The molecule has 0 amide bonds. The summed E-state index contributed by atoms with van der Waals surface area (Å²) in [6, 6.07) is 0. The molecule has 0 saturated heterocycles. The van der Waals surface area contributed by atoms with Crippen molar-refractivity contribution in [1.29, 1.82) is 0 Å². The van der Waals surface area contributed by atoms with Crippen molar-refractivity contribution >= 4 is 11.9 Å². The van der Waals surface area contributed by atoms with E-state index < -0.39 is 5.60 Å². The number of hydrogen-bond donors (Lipinski definition) is 2. The van der Waals surface area contributed by atoms with E-state index in [4.69, 9.17) is 9.47 Å². The predicted molar refractivity (Wildman–Crippen MR) is 115 cm³/mol. The highest BCUT2D eigenvalue weighted by Gasteiger charge is 2.68. The van der Waals surface area contributed by atoms with E-state index in [0.29, 0.717) is 5.92 Å². The number of aliphatic hydroxyl groups is 2. The van der Waals surface area contributed by atoms with Crippen molar-refractivity contribution in [2.24, 2.45) is 34.5 Å². The largest absolute Gasteiger partial charge is 0.463 e. The van der Waals surface area contributed by atoms with Crippen LogP contribution in [0.25, 0.3) is 0 Å². The van der Waals surface area contributed by atoms with Gasteiger partial charge in [-0.05, 0) is 87.9 Å². The SMILES string of the molecule is CC(=O)O[C@H]1CC[C@@]2(CO)[C@@H](CC[C@@H]3[C@@H]2CC[C@]2(C)[C@@H]([C@H](C)OC(C)=O)CC[C@]32O)C1. The van der Waals surface area contributed by atoms with E-state index in [-0.39, 0.29) is 59.3 Å². The van der Waals surface area contributed by atoms with E-state index in [9.17, 15) is 19.8 Å². The molecule has 0 radical (unpaired) electrons. The van der Waals surface area contributed by atoms with Crippen LogP contribution < -0.4 is 0 Å². The Hall–Kier alpha value is -1.14. The minimum atomic E-state index is -0.783. The van der Waals surface area contributed by atoms with Gasteiger partial charge in [0.2, 0.25) is 0 Å². The van der Waals surface area contributed by atoms with Gasteiger partial charge in [-0.25, -0.2) is 0 Å². The molecule has 6 heteroatoms. The zero-order valence-electron chi connectivity index (χ0n) is 19.6. The van der Waals surface area contributed by atoms with Crippen LogP contribution in [0, 0.1) is 34.5 Å². The number of fused-ring (bicyclic) bond motifs is 5. The fourth-order valence-corrected chi connectivity index (χ4v) is 8.77. The summed E-state index contributed by atoms with van der Waals surface area (Å²) >= 11 is 0. The van der Waals surface area contributed by atoms with E-state index in [1.807, 2.05) is 6.92 Å². The maximum absolute atomic E-state index is 12.2. The van der Waals surface area contributed by atoms with Crippen LogP contribution in [0.2, 0.25) is 0 Å². The number of esters is 2. The van der Waals surface area contributed by atoms with Gasteiger partial charge in [0.15, 0.2) is 0 Å². The average molecular weight is 437 g/mol. The van der Waals surface area contributed by atoms with Crippen molar-refractivity contribution in [2.45, 2.75) is 103 Å². The van der Waals surface area contributed by atoms with Gasteiger partial charge in [0.05, 0.1) is 5.60 Å². The van der Waals surface area contributed by atoms with Crippen LogP contribution >= 0.6 is 0 Å². The molecule has 0 unspecified atom stereocenters. The lowest BCUT2D eigenvalue weighted by Gasteiger charge is -2.64. The van der Waals surface area contributed by atoms with Crippen LogP contribution in [0.4, 0.5) is 0 Å². The van der Waals surface area contributed by atoms with Gasteiger partial charge >= 0.3 is 11.9 Å². The molecular weight excluding hydrogens is 396 g/mol. The summed E-state index contributed by atoms with van der Waals surface area (Å²) in [4.78, 5) is 23.0. The van der Waals surface area contributed by atoms with Crippen LogP contribution in [0.5, 0.6) is 0 Å². The van der Waals surface area contributed by atoms with E-state index in [1.54, 1.807) is 0 Å². The number of aliphatic hydroxyl groups excluding tert-OH is 1. The van der Waals surface area contributed by atoms with E-state index in [2.05, 4.69) is 6.92 Å². The second-order valence-corrected chi connectivity index (χ2v) is 11.2. The van der Waals surface area contributed by atoms with Gasteiger partial charge in [0.25, 0.3) is 0 Å². The van der Waals surface area contributed by atoms with Gasteiger partial charge in [-0.2, -0.15) is 0 Å². The van der Waals surface area contributed by atoms with Crippen LogP contribution in [-0.4, -0.2) is 46.6 Å². The second-order valence-electron chi connectivity index (χ2n) is 11.2.